The molecule has 0 radical (unpaired) electrons. The first-order valence-corrected chi connectivity index (χ1v) is 8.92. The van der Waals surface area contributed by atoms with Crippen LogP contribution in [0.3, 0.4) is 0 Å². The summed E-state index contributed by atoms with van der Waals surface area (Å²) in [6.45, 7) is 1.30. The van der Waals surface area contributed by atoms with E-state index in [9.17, 15) is 4.79 Å². The van der Waals surface area contributed by atoms with Crippen molar-refractivity contribution in [2.24, 2.45) is 10.6 Å². The minimum absolute atomic E-state index is 0.0248. The number of carbonyl (C=O) groups is 1. The molecule has 2 aliphatic heterocycles. The Morgan fingerprint density at radius 2 is 1.96 bits per heavy atom. The Bertz CT molecular complexity index is 619. The smallest absolute Gasteiger partial charge is 0.226 e. The molecule has 4 rings (SSSR count). The molecule has 128 valence electrons. The lowest BCUT2D eigenvalue weighted by molar-refractivity contribution is -0.140. The van der Waals surface area contributed by atoms with Crippen molar-refractivity contribution in [3.63, 3.8) is 0 Å². The van der Waals surface area contributed by atoms with Crippen LogP contribution in [0.4, 0.5) is 0 Å². The molecule has 5 nitrogen and oxygen atoms in total. The highest BCUT2D eigenvalue weighted by Crippen LogP contribution is 2.39. The fraction of sp³-hybridized carbons (Fsp3) is 0.579. The molecule has 0 spiro atoms. The van der Waals surface area contributed by atoms with E-state index < -0.39 is 0 Å². The van der Waals surface area contributed by atoms with E-state index in [-0.39, 0.29) is 17.4 Å². The van der Waals surface area contributed by atoms with Gasteiger partial charge in [-0.05, 0) is 31.2 Å². The van der Waals surface area contributed by atoms with E-state index in [0.29, 0.717) is 19.3 Å². The van der Waals surface area contributed by atoms with Crippen molar-refractivity contribution in [3.8, 4) is 0 Å². The van der Waals surface area contributed by atoms with Crippen LogP contribution in [0.15, 0.2) is 35.5 Å². The number of ether oxygens (including phenoxy) is 1. The Hall–Kier alpha value is -1.88. The molecule has 1 N–H and O–H groups in total. The van der Waals surface area contributed by atoms with Crippen LogP contribution in [-0.4, -0.2) is 37.0 Å². The van der Waals surface area contributed by atoms with Gasteiger partial charge in [0.1, 0.15) is 6.10 Å². The van der Waals surface area contributed by atoms with Gasteiger partial charge in [-0.3, -0.25) is 4.79 Å². The van der Waals surface area contributed by atoms with Crippen molar-refractivity contribution in [1.82, 2.24) is 5.32 Å². The predicted molar refractivity (Wildman–Crippen MR) is 90.7 cm³/mol. The molecule has 1 amide bonds. The highest BCUT2D eigenvalue weighted by atomic mass is 16.6. The van der Waals surface area contributed by atoms with E-state index in [1.807, 2.05) is 18.2 Å². The summed E-state index contributed by atoms with van der Waals surface area (Å²) in [6, 6.07) is 10.5. The number of amides is 1. The average Bonchev–Trinajstić information content (AvgIpc) is 3.32. The highest BCUT2D eigenvalue weighted by molar-refractivity contribution is 6.01. The number of hydrogen-bond acceptors (Lipinski definition) is 4. The molecular formula is C19H24N2O3. The van der Waals surface area contributed by atoms with Gasteiger partial charge < -0.3 is 14.9 Å². The van der Waals surface area contributed by atoms with Crippen molar-refractivity contribution >= 4 is 11.6 Å². The fourth-order valence-corrected chi connectivity index (χ4v) is 3.63. The van der Waals surface area contributed by atoms with Crippen LogP contribution in [0.25, 0.3) is 0 Å². The summed E-state index contributed by atoms with van der Waals surface area (Å²) in [7, 11) is 0. The van der Waals surface area contributed by atoms with Crippen LogP contribution in [0.2, 0.25) is 0 Å². The Balaban J connectivity index is 1.43. The van der Waals surface area contributed by atoms with Gasteiger partial charge in [-0.1, -0.05) is 35.5 Å². The number of oxime groups is 1. The van der Waals surface area contributed by atoms with Gasteiger partial charge >= 0.3 is 0 Å². The topological polar surface area (TPSA) is 59.9 Å². The summed E-state index contributed by atoms with van der Waals surface area (Å²) in [4.78, 5) is 18.5. The third kappa shape index (κ3) is 3.31. The molecule has 0 aromatic heterocycles. The fourth-order valence-electron chi connectivity index (χ4n) is 3.63. The molecular weight excluding hydrogens is 304 g/mol. The molecule has 24 heavy (non-hydrogen) atoms. The molecule has 2 heterocycles. The Labute approximate surface area is 142 Å². The number of hydrogen-bond donors (Lipinski definition) is 1. The van der Waals surface area contributed by atoms with Gasteiger partial charge in [0.25, 0.3) is 0 Å². The van der Waals surface area contributed by atoms with Gasteiger partial charge in [-0.15, -0.1) is 0 Å². The van der Waals surface area contributed by atoms with Gasteiger partial charge in [0.15, 0.2) is 0 Å². The first kappa shape index (κ1) is 15.6. The molecule has 1 aromatic carbocycles. The SMILES string of the molecule is O=C(NC1CC1)C1(CC2CC(c3ccccc3)=NO2)CCOCC1. The van der Waals surface area contributed by atoms with Gasteiger partial charge in [0, 0.05) is 32.1 Å². The van der Waals surface area contributed by atoms with Gasteiger partial charge in [-0.25, -0.2) is 0 Å². The van der Waals surface area contributed by atoms with Gasteiger partial charge in [0.2, 0.25) is 5.91 Å². The normalized spacial score (nSPS) is 25.7. The standard InChI is InChI=1S/C19H24N2O3/c22-18(20-15-6-7-15)19(8-10-23-11-9-19)13-16-12-17(21-24-16)14-4-2-1-3-5-14/h1-5,15-16H,6-13H2,(H,20,22). The van der Waals surface area contributed by atoms with Crippen LogP contribution in [0.1, 0.15) is 44.1 Å². The molecule has 2 fully saturated rings. The van der Waals surface area contributed by atoms with E-state index in [4.69, 9.17) is 9.57 Å². The second-order valence-electron chi connectivity index (χ2n) is 7.18. The lowest BCUT2D eigenvalue weighted by Gasteiger charge is -2.37. The second-order valence-corrected chi connectivity index (χ2v) is 7.18. The van der Waals surface area contributed by atoms with Crippen molar-refractivity contribution in [2.45, 2.75) is 50.7 Å². The van der Waals surface area contributed by atoms with E-state index in [0.717, 1.165) is 49.8 Å². The number of nitrogens with zero attached hydrogens (tertiary/aromatic N) is 1. The number of rotatable bonds is 5. The Morgan fingerprint density at radius 1 is 1.21 bits per heavy atom. The highest BCUT2D eigenvalue weighted by Gasteiger charge is 2.45. The summed E-state index contributed by atoms with van der Waals surface area (Å²) in [5.74, 6) is 0.185. The van der Waals surface area contributed by atoms with Crippen LogP contribution in [-0.2, 0) is 14.4 Å². The summed E-state index contributed by atoms with van der Waals surface area (Å²) in [5, 5.41) is 7.46. The van der Waals surface area contributed by atoms with Crippen LogP contribution >= 0.6 is 0 Å². The third-order valence-electron chi connectivity index (χ3n) is 5.30. The van der Waals surface area contributed by atoms with Gasteiger partial charge in [-0.2, -0.15) is 0 Å². The maximum Gasteiger partial charge on any atom is 0.226 e. The zero-order valence-electron chi connectivity index (χ0n) is 13.9. The quantitative estimate of drug-likeness (QED) is 0.904. The first-order valence-electron chi connectivity index (χ1n) is 8.92. The molecule has 3 aliphatic rings. The second kappa shape index (κ2) is 6.55. The van der Waals surface area contributed by atoms with Crippen molar-refractivity contribution in [1.29, 1.82) is 0 Å². The summed E-state index contributed by atoms with van der Waals surface area (Å²) in [6.07, 6.45) is 5.22. The van der Waals surface area contributed by atoms with E-state index >= 15 is 0 Å². The minimum atomic E-state index is -0.368. The lowest BCUT2D eigenvalue weighted by Crippen LogP contribution is -2.47. The van der Waals surface area contributed by atoms with Crippen molar-refractivity contribution in [3.05, 3.63) is 35.9 Å². The third-order valence-corrected chi connectivity index (χ3v) is 5.30. The molecule has 1 saturated carbocycles. The molecule has 1 aromatic rings. The summed E-state index contributed by atoms with van der Waals surface area (Å²) >= 11 is 0. The molecule has 1 aliphatic carbocycles. The number of benzene rings is 1. The monoisotopic (exact) mass is 328 g/mol. The predicted octanol–water partition coefficient (Wildman–Crippen LogP) is 2.65. The number of carbonyl (C=O) groups excluding carboxylic acids is 1. The van der Waals surface area contributed by atoms with E-state index in [2.05, 4.69) is 22.6 Å². The van der Waals surface area contributed by atoms with Crippen molar-refractivity contribution < 1.29 is 14.4 Å². The first-order chi connectivity index (χ1) is 11.8. The summed E-state index contributed by atoms with van der Waals surface area (Å²) in [5.41, 5.74) is 1.71. The largest absolute Gasteiger partial charge is 0.392 e. The molecule has 1 saturated heterocycles. The minimum Gasteiger partial charge on any atom is -0.392 e. The zero-order chi connectivity index (χ0) is 16.4. The average molecular weight is 328 g/mol. The van der Waals surface area contributed by atoms with Crippen LogP contribution in [0.5, 0.6) is 0 Å². The zero-order valence-corrected chi connectivity index (χ0v) is 13.9. The van der Waals surface area contributed by atoms with Gasteiger partial charge in [0.05, 0.1) is 11.1 Å². The maximum atomic E-state index is 12.9. The molecule has 1 unspecified atom stereocenters. The number of nitrogens with one attached hydrogen (secondary N) is 1. The van der Waals surface area contributed by atoms with Crippen LogP contribution in [0, 0.1) is 5.41 Å². The summed E-state index contributed by atoms with van der Waals surface area (Å²) < 4.78 is 5.50. The Kier molecular flexibility index (Phi) is 4.27. The molecule has 0 bridgehead atoms. The van der Waals surface area contributed by atoms with Crippen LogP contribution < -0.4 is 5.32 Å². The van der Waals surface area contributed by atoms with Crippen molar-refractivity contribution in [2.75, 3.05) is 13.2 Å². The maximum absolute atomic E-state index is 12.9. The molecule has 5 heteroatoms. The molecule has 1 atom stereocenters. The van der Waals surface area contributed by atoms with E-state index in [1.54, 1.807) is 0 Å². The lowest BCUT2D eigenvalue weighted by atomic mass is 9.74. The Morgan fingerprint density at radius 3 is 2.67 bits per heavy atom. The van der Waals surface area contributed by atoms with E-state index in [1.165, 1.54) is 0 Å².